The van der Waals surface area contributed by atoms with E-state index in [1.54, 1.807) is 0 Å². The number of rotatable bonds is 2. The summed E-state index contributed by atoms with van der Waals surface area (Å²) in [6.07, 6.45) is -0.199. The molecule has 1 unspecified atom stereocenters. The number of nitrogens with zero attached hydrogens (tertiary/aromatic N) is 1. The number of carbonyl (C=O) groups is 1. The number of aryl methyl sites for hydroxylation is 1. The van der Waals surface area contributed by atoms with Gasteiger partial charge in [-0.05, 0) is 48.8 Å². The molecular weight excluding hydrogens is 381 g/mol. The summed E-state index contributed by atoms with van der Waals surface area (Å²) in [7, 11) is 0. The molecule has 2 aliphatic carbocycles. The number of H-pyrrole nitrogens is 1. The van der Waals surface area contributed by atoms with Gasteiger partial charge >= 0.3 is 6.16 Å². The number of ether oxygens (including phenoxy) is 1. The van der Waals surface area contributed by atoms with Crippen LogP contribution in [0.25, 0.3) is 11.3 Å². The Hall–Kier alpha value is -3.07. The molecule has 0 bridgehead atoms. The molecule has 152 valence electrons. The topological polar surface area (TPSA) is 129 Å². The highest BCUT2D eigenvalue weighted by atomic mass is 19.1. The summed E-state index contributed by atoms with van der Waals surface area (Å²) in [5.74, 6) is -0.801. The van der Waals surface area contributed by atoms with Gasteiger partial charge in [0.2, 0.25) is 5.75 Å². The highest BCUT2D eigenvalue weighted by Gasteiger charge is 2.53. The lowest BCUT2D eigenvalue weighted by atomic mass is 9.99. The van der Waals surface area contributed by atoms with Crippen LogP contribution >= 0.6 is 0 Å². The van der Waals surface area contributed by atoms with Crippen LogP contribution in [0, 0.1) is 17.7 Å². The minimum atomic E-state index is -1.71. The molecule has 2 aromatic rings. The Morgan fingerprint density at radius 3 is 2.69 bits per heavy atom. The van der Waals surface area contributed by atoms with Gasteiger partial charge < -0.3 is 30.6 Å². The number of aromatic hydroxyl groups is 1. The number of hydrogen-bond acceptors (Lipinski definition) is 6. The van der Waals surface area contributed by atoms with E-state index in [0.29, 0.717) is 31.1 Å². The van der Waals surface area contributed by atoms with Crippen LogP contribution in [-0.4, -0.2) is 40.5 Å². The zero-order valence-electron chi connectivity index (χ0n) is 15.4. The van der Waals surface area contributed by atoms with Gasteiger partial charge in [-0.15, -0.1) is 0 Å². The maximum Gasteiger partial charge on any atom is 0.511 e. The Morgan fingerprint density at radius 1 is 1.28 bits per heavy atom. The quantitative estimate of drug-likeness (QED) is 0.565. The van der Waals surface area contributed by atoms with Crippen molar-refractivity contribution in [3.05, 3.63) is 39.4 Å². The number of fused-ring (bicyclic) bond motifs is 4. The van der Waals surface area contributed by atoms with E-state index in [4.69, 9.17) is 10.8 Å². The molecule has 5 N–H and O–H groups in total. The molecule has 0 radical (unpaired) electrons. The van der Waals surface area contributed by atoms with Crippen LogP contribution in [0.3, 0.4) is 0 Å². The van der Waals surface area contributed by atoms with Crippen molar-refractivity contribution < 1.29 is 24.1 Å². The van der Waals surface area contributed by atoms with Gasteiger partial charge in [0.1, 0.15) is 5.82 Å². The van der Waals surface area contributed by atoms with E-state index in [0.717, 1.165) is 24.3 Å². The predicted octanol–water partition coefficient (Wildman–Crippen LogP) is 1.83. The largest absolute Gasteiger partial charge is 0.511 e. The fourth-order valence-corrected chi connectivity index (χ4v) is 4.79. The first-order chi connectivity index (χ1) is 13.8. The number of hydrogen-bond donors (Lipinski definition) is 4. The van der Waals surface area contributed by atoms with Gasteiger partial charge in [-0.1, -0.05) is 0 Å². The first kappa shape index (κ1) is 18.0. The van der Waals surface area contributed by atoms with Crippen molar-refractivity contribution in [2.24, 2.45) is 17.6 Å². The molecule has 3 aliphatic rings. The Bertz CT molecular complexity index is 1090. The Kier molecular flexibility index (Phi) is 3.86. The molecule has 1 aromatic heterocycles. The number of pyridine rings is 1. The molecule has 29 heavy (non-hydrogen) atoms. The fraction of sp³-hybridized carbons (Fsp3) is 0.400. The zero-order chi connectivity index (χ0) is 20.4. The molecule has 2 heterocycles. The van der Waals surface area contributed by atoms with Crippen molar-refractivity contribution in [3.63, 3.8) is 0 Å². The van der Waals surface area contributed by atoms with E-state index >= 15 is 4.39 Å². The molecule has 1 aliphatic heterocycles. The average Bonchev–Trinajstić information content (AvgIpc) is 3.09. The van der Waals surface area contributed by atoms with Crippen molar-refractivity contribution in [3.8, 4) is 22.8 Å². The minimum absolute atomic E-state index is 0.174. The maximum absolute atomic E-state index is 15.2. The van der Waals surface area contributed by atoms with Crippen molar-refractivity contribution in [1.82, 2.24) is 4.98 Å². The van der Waals surface area contributed by atoms with Crippen LogP contribution in [0.15, 0.2) is 16.9 Å². The summed E-state index contributed by atoms with van der Waals surface area (Å²) in [5, 5.41) is 19.2. The number of nitrogens with two attached hydrogens (primary N) is 1. The summed E-state index contributed by atoms with van der Waals surface area (Å²) in [4.78, 5) is 27.7. The lowest BCUT2D eigenvalue weighted by molar-refractivity contribution is 0.142. The summed E-state index contributed by atoms with van der Waals surface area (Å²) in [6, 6.07) is 3.63. The number of anilines is 1. The van der Waals surface area contributed by atoms with Crippen LogP contribution in [-0.2, 0) is 12.8 Å². The molecule has 5 rings (SSSR count). The lowest BCUT2D eigenvalue weighted by Gasteiger charge is -2.23. The second-order valence-corrected chi connectivity index (χ2v) is 7.98. The molecule has 1 aromatic carbocycles. The molecular formula is C20H20FN3O5. The first-order valence-electron chi connectivity index (χ1n) is 9.57. The number of aromatic nitrogens is 1. The molecule has 1 saturated carbocycles. The summed E-state index contributed by atoms with van der Waals surface area (Å²) < 4.78 is 19.6. The smallest absolute Gasteiger partial charge is 0.504 e. The number of benzene rings is 1. The predicted molar refractivity (Wildman–Crippen MR) is 102 cm³/mol. The molecule has 2 fully saturated rings. The third-order valence-electron chi connectivity index (χ3n) is 6.34. The maximum atomic E-state index is 15.2. The second kappa shape index (κ2) is 6.21. The second-order valence-electron chi connectivity index (χ2n) is 7.98. The number of aromatic amines is 1. The van der Waals surface area contributed by atoms with E-state index in [9.17, 15) is 14.7 Å². The van der Waals surface area contributed by atoms with Gasteiger partial charge in [-0.3, -0.25) is 4.79 Å². The highest BCUT2D eigenvalue weighted by molar-refractivity contribution is 5.76. The minimum Gasteiger partial charge on any atom is -0.504 e. The summed E-state index contributed by atoms with van der Waals surface area (Å²) in [6.45, 7) is 1.63. The van der Waals surface area contributed by atoms with E-state index in [1.165, 1.54) is 6.07 Å². The number of piperidine rings is 1. The fourth-order valence-electron chi connectivity index (χ4n) is 4.79. The zero-order valence-corrected chi connectivity index (χ0v) is 15.4. The van der Waals surface area contributed by atoms with Crippen LogP contribution in [0.5, 0.6) is 11.5 Å². The van der Waals surface area contributed by atoms with Gasteiger partial charge in [0, 0.05) is 35.9 Å². The van der Waals surface area contributed by atoms with E-state index in [-0.39, 0.29) is 22.9 Å². The Balaban J connectivity index is 1.59. The van der Waals surface area contributed by atoms with Crippen LogP contribution in [0.4, 0.5) is 14.9 Å². The number of nitrogens with one attached hydrogen (secondary N) is 1. The third-order valence-corrected chi connectivity index (χ3v) is 6.34. The average molecular weight is 401 g/mol. The van der Waals surface area contributed by atoms with Crippen LogP contribution in [0.1, 0.15) is 17.5 Å². The van der Waals surface area contributed by atoms with Crippen molar-refractivity contribution >= 4 is 11.8 Å². The molecule has 0 amide bonds. The number of halogens is 1. The van der Waals surface area contributed by atoms with E-state index in [1.807, 2.05) is 6.07 Å². The van der Waals surface area contributed by atoms with E-state index in [2.05, 4.69) is 14.6 Å². The molecule has 1 saturated heterocycles. The Morgan fingerprint density at radius 2 is 2.00 bits per heavy atom. The van der Waals surface area contributed by atoms with Gasteiger partial charge in [-0.2, -0.15) is 0 Å². The normalized spacial score (nSPS) is 24.3. The molecule has 8 nitrogen and oxygen atoms in total. The van der Waals surface area contributed by atoms with Crippen molar-refractivity contribution in [2.75, 3.05) is 18.0 Å². The molecule has 9 heteroatoms. The first-order valence-corrected chi connectivity index (χ1v) is 9.57. The number of carboxylic acid groups (broad SMARTS) is 1. The van der Waals surface area contributed by atoms with Crippen molar-refractivity contribution in [2.45, 2.75) is 25.3 Å². The van der Waals surface area contributed by atoms with Crippen molar-refractivity contribution in [1.29, 1.82) is 0 Å². The van der Waals surface area contributed by atoms with E-state index < -0.39 is 29.0 Å². The lowest BCUT2D eigenvalue weighted by Crippen LogP contribution is -2.28. The summed E-state index contributed by atoms with van der Waals surface area (Å²) in [5.41, 5.74) is 7.29. The summed E-state index contributed by atoms with van der Waals surface area (Å²) >= 11 is 0. The highest BCUT2D eigenvalue weighted by Crippen LogP contribution is 2.46. The standard InChI is InChI=1S/C20H20FN3O5/c21-13-5-9(24-6-11-12(7-24)15(11)22)4-8-2-1-3-10-16(14(8)13)23-19(26)18(17(10)25)29-20(27)28/h4-5,11-12,15H,1-3,6-7,22H2,(H,27,28)(H2,23,25,26)/t11-,12+,15?. The Labute approximate surface area is 164 Å². The van der Waals surface area contributed by atoms with Crippen LogP contribution < -0.4 is 20.9 Å². The van der Waals surface area contributed by atoms with Crippen LogP contribution in [0.2, 0.25) is 0 Å². The molecule has 0 spiro atoms. The van der Waals surface area contributed by atoms with Gasteiger partial charge in [-0.25, -0.2) is 9.18 Å². The van der Waals surface area contributed by atoms with Gasteiger partial charge in [0.15, 0.2) is 5.75 Å². The van der Waals surface area contributed by atoms with Gasteiger partial charge in [0.05, 0.1) is 5.69 Å². The van der Waals surface area contributed by atoms with Gasteiger partial charge in [0.25, 0.3) is 5.56 Å². The SMILES string of the molecule is NC1[C@H]2CN(c3cc(F)c4c(c3)CCCc3c-4[nH]c(=O)c(OC(=O)O)c3O)C[C@@H]12. The third kappa shape index (κ3) is 2.76. The monoisotopic (exact) mass is 401 g/mol. The molecule has 3 atom stereocenters.